The molecular formula is C49H35N. The molecule has 0 aromatic heterocycles. The van der Waals surface area contributed by atoms with E-state index in [9.17, 15) is 0 Å². The Kier molecular flexibility index (Phi) is 6.29. The lowest BCUT2D eigenvalue weighted by Gasteiger charge is -2.29. The smallest absolute Gasteiger partial charge is 0.0546 e. The van der Waals surface area contributed by atoms with E-state index in [1.807, 2.05) is 0 Å². The highest BCUT2D eigenvalue weighted by Crippen LogP contribution is 2.51. The molecule has 0 radical (unpaired) electrons. The lowest BCUT2D eigenvalue weighted by atomic mass is 9.82. The van der Waals surface area contributed by atoms with Gasteiger partial charge in [-0.15, -0.1) is 0 Å². The molecule has 9 aromatic rings. The first-order chi connectivity index (χ1) is 24.6. The summed E-state index contributed by atoms with van der Waals surface area (Å²) >= 11 is 0. The predicted molar refractivity (Wildman–Crippen MR) is 214 cm³/mol. The molecule has 0 aliphatic heterocycles. The van der Waals surface area contributed by atoms with Crippen LogP contribution in [-0.4, -0.2) is 0 Å². The highest BCUT2D eigenvalue weighted by atomic mass is 15.1. The Labute approximate surface area is 292 Å². The molecule has 236 valence electrons. The van der Waals surface area contributed by atoms with Crippen molar-refractivity contribution in [2.45, 2.75) is 19.3 Å². The number of hydrogen-bond acceptors (Lipinski definition) is 1. The van der Waals surface area contributed by atoms with E-state index in [-0.39, 0.29) is 5.41 Å². The van der Waals surface area contributed by atoms with Crippen LogP contribution in [0, 0.1) is 0 Å². The van der Waals surface area contributed by atoms with Crippen molar-refractivity contribution in [3.8, 4) is 22.3 Å². The molecular weight excluding hydrogens is 603 g/mol. The van der Waals surface area contributed by atoms with Crippen molar-refractivity contribution in [1.29, 1.82) is 0 Å². The summed E-state index contributed by atoms with van der Waals surface area (Å²) in [6.45, 7) is 4.70. The number of fused-ring (bicyclic) bond motifs is 9. The minimum absolute atomic E-state index is 0.0553. The topological polar surface area (TPSA) is 3.24 Å². The summed E-state index contributed by atoms with van der Waals surface area (Å²) in [4.78, 5) is 2.49. The van der Waals surface area contributed by atoms with Crippen LogP contribution in [0.5, 0.6) is 0 Å². The van der Waals surface area contributed by atoms with Crippen molar-refractivity contribution >= 4 is 60.2 Å². The van der Waals surface area contributed by atoms with Gasteiger partial charge in [0.25, 0.3) is 0 Å². The summed E-state index contributed by atoms with van der Waals surface area (Å²) in [5.74, 6) is 0. The van der Waals surface area contributed by atoms with Crippen LogP contribution in [0.25, 0.3) is 65.3 Å². The van der Waals surface area contributed by atoms with Gasteiger partial charge in [0.05, 0.1) is 5.69 Å². The summed E-state index contributed by atoms with van der Waals surface area (Å²) in [7, 11) is 0. The number of benzene rings is 9. The number of nitrogens with zero attached hydrogens (tertiary/aromatic N) is 1. The molecule has 0 bridgehead atoms. The highest BCUT2D eigenvalue weighted by molar-refractivity contribution is 6.23. The second-order valence-electron chi connectivity index (χ2n) is 14.1. The number of hydrogen-bond donors (Lipinski definition) is 0. The first kappa shape index (κ1) is 28.8. The van der Waals surface area contributed by atoms with Crippen molar-refractivity contribution in [2.24, 2.45) is 0 Å². The highest BCUT2D eigenvalue weighted by Gasteiger charge is 2.35. The summed E-state index contributed by atoms with van der Waals surface area (Å²) < 4.78 is 0. The molecule has 0 amide bonds. The van der Waals surface area contributed by atoms with Crippen LogP contribution in [0.2, 0.25) is 0 Å². The fourth-order valence-corrected chi connectivity index (χ4v) is 8.61. The maximum absolute atomic E-state index is 2.49. The molecule has 1 heteroatoms. The summed E-state index contributed by atoms with van der Waals surface area (Å²) in [6, 6.07) is 65.1. The third kappa shape index (κ3) is 4.27. The van der Waals surface area contributed by atoms with Gasteiger partial charge in [-0.25, -0.2) is 0 Å². The summed E-state index contributed by atoms with van der Waals surface area (Å²) in [5, 5.41) is 10.1. The molecule has 0 atom stereocenters. The van der Waals surface area contributed by atoms with Gasteiger partial charge in [-0.2, -0.15) is 0 Å². The number of anilines is 3. The molecule has 0 N–H and O–H groups in total. The zero-order valence-corrected chi connectivity index (χ0v) is 28.2. The quantitative estimate of drug-likeness (QED) is 0.174. The maximum atomic E-state index is 2.49. The Morgan fingerprint density at radius 2 is 0.980 bits per heavy atom. The Bertz CT molecular complexity index is 2800. The fraction of sp³-hybridized carbons (Fsp3) is 0.0612. The molecule has 50 heavy (non-hydrogen) atoms. The zero-order chi connectivity index (χ0) is 33.4. The van der Waals surface area contributed by atoms with E-state index in [4.69, 9.17) is 0 Å². The van der Waals surface area contributed by atoms with E-state index >= 15 is 0 Å². The average molecular weight is 638 g/mol. The zero-order valence-electron chi connectivity index (χ0n) is 28.2. The van der Waals surface area contributed by atoms with Crippen molar-refractivity contribution in [3.63, 3.8) is 0 Å². The first-order valence-corrected chi connectivity index (χ1v) is 17.5. The van der Waals surface area contributed by atoms with Gasteiger partial charge in [-0.1, -0.05) is 159 Å². The second-order valence-corrected chi connectivity index (χ2v) is 14.1. The SMILES string of the molecule is CC1(C)c2ccccc2-c2cc(N(c3cccc(-c4cccc5ccccc45)c3)c3cc4ccc5ccccc5c4c4ccccc34)ccc21. The van der Waals surface area contributed by atoms with Gasteiger partial charge in [0.15, 0.2) is 0 Å². The Hall–Kier alpha value is -6.18. The van der Waals surface area contributed by atoms with Crippen LogP contribution in [0.1, 0.15) is 25.0 Å². The molecule has 0 saturated heterocycles. The predicted octanol–water partition coefficient (Wildman–Crippen LogP) is 13.7. The molecule has 1 nitrogen and oxygen atoms in total. The molecule has 0 saturated carbocycles. The third-order valence-electron chi connectivity index (χ3n) is 11.0. The molecule has 1 aliphatic carbocycles. The van der Waals surface area contributed by atoms with E-state index < -0.39 is 0 Å². The van der Waals surface area contributed by atoms with E-state index in [0.717, 1.165) is 11.4 Å². The van der Waals surface area contributed by atoms with Gasteiger partial charge in [-0.05, 0) is 101 Å². The van der Waals surface area contributed by atoms with Crippen LogP contribution >= 0.6 is 0 Å². The summed E-state index contributed by atoms with van der Waals surface area (Å²) in [5.41, 5.74) is 11.2. The molecule has 1 aliphatic rings. The van der Waals surface area contributed by atoms with E-state index in [1.54, 1.807) is 0 Å². The van der Waals surface area contributed by atoms with Gasteiger partial charge >= 0.3 is 0 Å². The minimum Gasteiger partial charge on any atom is -0.310 e. The maximum Gasteiger partial charge on any atom is 0.0546 e. The van der Waals surface area contributed by atoms with E-state index in [2.05, 4.69) is 195 Å². The third-order valence-corrected chi connectivity index (χ3v) is 11.0. The van der Waals surface area contributed by atoms with Gasteiger partial charge < -0.3 is 4.90 Å². The summed E-state index contributed by atoms with van der Waals surface area (Å²) in [6.07, 6.45) is 0. The van der Waals surface area contributed by atoms with Crippen LogP contribution in [-0.2, 0) is 5.41 Å². The Morgan fingerprint density at radius 3 is 1.84 bits per heavy atom. The van der Waals surface area contributed by atoms with Gasteiger partial charge in [0, 0.05) is 22.2 Å². The van der Waals surface area contributed by atoms with Crippen LogP contribution < -0.4 is 4.90 Å². The van der Waals surface area contributed by atoms with Crippen molar-refractivity contribution in [2.75, 3.05) is 4.90 Å². The molecule has 9 aromatic carbocycles. The monoisotopic (exact) mass is 637 g/mol. The molecule has 0 spiro atoms. The number of rotatable bonds is 4. The van der Waals surface area contributed by atoms with Crippen LogP contribution in [0.15, 0.2) is 176 Å². The minimum atomic E-state index is -0.0553. The lowest BCUT2D eigenvalue weighted by Crippen LogP contribution is -2.15. The Morgan fingerprint density at radius 1 is 0.380 bits per heavy atom. The lowest BCUT2D eigenvalue weighted by molar-refractivity contribution is 0.660. The second kappa shape index (κ2) is 10.9. The van der Waals surface area contributed by atoms with Gasteiger partial charge in [0.1, 0.15) is 0 Å². The van der Waals surface area contributed by atoms with E-state index in [1.165, 1.54) is 82.2 Å². The van der Waals surface area contributed by atoms with Gasteiger partial charge in [0.2, 0.25) is 0 Å². The fourth-order valence-electron chi connectivity index (χ4n) is 8.61. The van der Waals surface area contributed by atoms with Crippen molar-refractivity contribution in [1.82, 2.24) is 0 Å². The first-order valence-electron chi connectivity index (χ1n) is 17.5. The van der Waals surface area contributed by atoms with Crippen molar-refractivity contribution in [3.05, 3.63) is 187 Å². The molecule has 0 unspecified atom stereocenters. The normalized spacial score (nSPS) is 13.2. The van der Waals surface area contributed by atoms with Gasteiger partial charge in [-0.3, -0.25) is 0 Å². The largest absolute Gasteiger partial charge is 0.310 e. The Balaban J connectivity index is 1.27. The standard InChI is InChI=1S/C49H35N/c1-49(2)45-24-10-9-20-41(45)44-31-37(27-28-46(44)49)50(36-17-11-16-34(29-36)39-23-12-15-32-13-3-5-18-38(32)39)47-30-35-26-25-33-14-4-6-19-40(33)48(35)43-22-8-7-21-42(43)47/h3-31H,1-2H3. The molecule has 10 rings (SSSR count). The average Bonchev–Trinajstić information content (AvgIpc) is 3.40. The molecule has 0 fully saturated rings. The van der Waals surface area contributed by atoms with Crippen molar-refractivity contribution < 1.29 is 0 Å². The van der Waals surface area contributed by atoms with Crippen LogP contribution in [0.4, 0.5) is 17.1 Å². The van der Waals surface area contributed by atoms with Crippen LogP contribution in [0.3, 0.4) is 0 Å². The molecule has 0 heterocycles. The van der Waals surface area contributed by atoms with E-state index in [0.29, 0.717) is 0 Å².